The van der Waals surface area contributed by atoms with Crippen molar-refractivity contribution < 1.29 is 19.1 Å². The van der Waals surface area contributed by atoms with E-state index in [1.54, 1.807) is 4.90 Å². The van der Waals surface area contributed by atoms with Gasteiger partial charge in [-0.15, -0.1) is 0 Å². The van der Waals surface area contributed by atoms with E-state index in [1.165, 1.54) is 4.90 Å². The van der Waals surface area contributed by atoms with Gasteiger partial charge in [-0.1, -0.05) is 0 Å². The summed E-state index contributed by atoms with van der Waals surface area (Å²) in [6.07, 6.45) is 0.281. The Morgan fingerprint density at radius 1 is 1.39 bits per heavy atom. The molecule has 128 valence electrons. The van der Waals surface area contributed by atoms with E-state index in [-0.39, 0.29) is 36.9 Å². The monoisotopic (exact) mass is 326 g/mol. The largest absolute Gasteiger partial charge is 0.387 e. The molecule has 7 nitrogen and oxygen atoms in total. The van der Waals surface area contributed by atoms with Crippen LogP contribution in [-0.2, 0) is 9.59 Å². The Morgan fingerprint density at radius 3 is 2.61 bits per heavy atom. The number of aliphatic hydroxyl groups is 1. The zero-order chi connectivity index (χ0) is 17.0. The SMILES string of the molecule is CC1(NCC(=O)N2C[C@H](F)C[C@H]2C#N)CCN(C(=O)CO)CC1. The average molecular weight is 326 g/mol. The number of nitriles is 1. The number of hydrogen-bond acceptors (Lipinski definition) is 5. The average Bonchev–Trinajstić information content (AvgIpc) is 2.94. The summed E-state index contributed by atoms with van der Waals surface area (Å²) in [6.45, 7) is 2.56. The number of carbonyl (C=O) groups excluding carboxylic acids is 2. The molecule has 2 rings (SSSR count). The molecule has 23 heavy (non-hydrogen) atoms. The highest BCUT2D eigenvalue weighted by Gasteiger charge is 2.37. The lowest BCUT2D eigenvalue weighted by Crippen LogP contribution is -2.55. The third-order valence-corrected chi connectivity index (χ3v) is 4.74. The summed E-state index contributed by atoms with van der Waals surface area (Å²) in [7, 11) is 0. The maximum atomic E-state index is 13.4. The molecule has 0 saturated carbocycles. The summed E-state index contributed by atoms with van der Waals surface area (Å²) < 4.78 is 13.4. The van der Waals surface area contributed by atoms with Crippen molar-refractivity contribution in [3.8, 4) is 6.07 Å². The van der Waals surface area contributed by atoms with Crippen molar-refractivity contribution in [2.45, 2.75) is 43.9 Å². The zero-order valence-electron chi connectivity index (χ0n) is 13.3. The number of halogens is 1. The number of likely N-dealkylation sites (tertiary alicyclic amines) is 2. The van der Waals surface area contributed by atoms with Crippen LogP contribution in [0.2, 0.25) is 0 Å². The van der Waals surface area contributed by atoms with Gasteiger partial charge in [0, 0.05) is 25.0 Å². The van der Waals surface area contributed by atoms with E-state index >= 15 is 0 Å². The van der Waals surface area contributed by atoms with Gasteiger partial charge in [0.2, 0.25) is 11.8 Å². The molecule has 2 aliphatic heterocycles. The third-order valence-electron chi connectivity index (χ3n) is 4.74. The molecule has 2 atom stereocenters. The van der Waals surface area contributed by atoms with Crippen molar-refractivity contribution in [3.63, 3.8) is 0 Å². The van der Waals surface area contributed by atoms with Crippen molar-refractivity contribution in [2.24, 2.45) is 0 Å². The first-order valence-electron chi connectivity index (χ1n) is 7.85. The highest BCUT2D eigenvalue weighted by Crippen LogP contribution is 2.23. The first-order chi connectivity index (χ1) is 10.9. The van der Waals surface area contributed by atoms with E-state index in [2.05, 4.69) is 5.32 Å². The maximum absolute atomic E-state index is 13.4. The van der Waals surface area contributed by atoms with Gasteiger partial charge in [-0.25, -0.2) is 4.39 Å². The molecule has 8 heteroatoms. The van der Waals surface area contributed by atoms with E-state index in [0.717, 1.165) is 0 Å². The van der Waals surface area contributed by atoms with Crippen molar-refractivity contribution in [1.82, 2.24) is 15.1 Å². The lowest BCUT2D eigenvalue weighted by atomic mass is 9.89. The van der Waals surface area contributed by atoms with Gasteiger partial charge in [-0.2, -0.15) is 5.26 Å². The Bertz CT molecular complexity index is 499. The number of amides is 2. The van der Waals surface area contributed by atoms with Gasteiger partial charge in [0.1, 0.15) is 18.8 Å². The second-order valence-electron chi connectivity index (χ2n) is 6.48. The van der Waals surface area contributed by atoms with Crippen LogP contribution in [-0.4, -0.2) is 77.3 Å². The molecular weight excluding hydrogens is 303 g/mol. The summed E-state index contributed by atoms with van der Waals surface area (Å²) in [6, 6.07) is 1.28. The number of nitrogens with zero attached hydrogens (tertiary/aromatic N) is 3. The molecule has 0 spiro atoms. The first kappa shape index (κ1) is 17.6. The Morgan fingerprint density at radius 2 is 2.04 bits per heavy atom. The van der Waals surface area contributed by atoms with Crippen molar-refractivity contribution in [2.75, 3.05) is 32.8 Å². The molecule has 2 fully saturated rings. The summed E-state index contributed by atoms with van der Waals surface area (Å²) in [4.78, 5) is 26.6. The Kier molecular flexibility index (Phi) is 5.55. The minimum absolute atomic E-state index is 0.0196. The number of alkyl halides is 1. The highest BCUT2D eigenvalue weighted by molar-refractivity contribution is 5.79. The summed E-state index contributed by atoms with van der Waals surface area (Å²) >= 11 is 0. The number of carbonyl (C=O) groups is 2. The van der Waals surface area contributed by atoms with Crippen LogP contribution in [0, 0.1) is 11.3 Å². The van der Waals surface area contributed by atoms with Crippen LogP contribution < -0.4 is 5.32 Å². The predicted octanol–water partition coefficient (Wildman–Crippen LogP) is -0.588. The predicted molar refractivity (Wildman–Crippen MR) is 79.9 cm³/mol. The molecule has 2 heterocycles. The molecule has 0 unspecified atom stereocenters. The van der Waals surface area contributed by atoms with Gasteiger partial charge in [-0.05, 0) is 19.8 Å². The zero-order valence-corrected chi connectivity index (χ0v) is 13.3. The van der Waals surface area contributed by atoms with Gasteiger partial charge in [0.15, 0.2) is 0 Å². The number of piperidine rings is 1. The lowest BCUT2D eigenvalue weighted by Gasteiger charge is -2.40. The van der Waals surface area contributed by atoms with E-state index in [9.17, 15) is 14.0 Å². The molecule has 2 saturated heterocycles. The molecule has 0 aromatic heterocycles. The van der Waals surface area contributed by atoms with Crippen LogP contribution in [0.15, 0.2) is 0 Å². The molecule has 0 radical (unpaired) electrons. The molecule has 0 aliphatic carbocycles. The van der Waals surface area contributed by atoms with Gasteiger partial charge in [0.25, 0.3) is 0 Å². The van der Waals surface area contributed by atoms with Gasteiger partial charge in [0.05, 0.1) is 19.2 Å². The fourth-order valence-corrected chi connectivity index (χ4v) is 3.10. The summed E-state index contributed by atoms with van der Waals surface area (Å²) in [5, 5.41) is 21.0. The van der Waals surface area contributed by atoms with Crippen LogP contribution in [0.4, 0.5) is 4.39 Å². The third kappa shape index (κ3) is 4.18. The van der Waals surface area contributed by atoms with Gasteiger partial charge < -0.3 is 20.2 Å². The Balaban J connectivity index is 1.83. The second kappa shape index (κ2) is 7.23. The first-order valence-corrected chi connectivity index (χ1v) is 7.85. The smallest absolute Gasteiger partial charge is 0.248 e. The van der Waals surface area contributed by atoms with Crippen LogP contribution >= 0.6 is 0 Å². The molecule has 0 bridgehead atoms. The second-order valence-corrected chi connectivity index (χ2v) is 6.48. The number of hydrogen-bond donors (Lipinski definition) is 2. The molecule has 2 N–H and O–H groups in total. The normalized spacial score (nSPS) is 26.9. The fourth-order valence-electron chi connectivity index (χ4n) is 3.10. The lowest BCUT2D eigenvalue weighted by molar-refractivity contribution is -0.136. The van der Waals surface area contributed by atoms with Crippen molar-refractivity contribution >= 4 is 11.8 Å². The number of nitrogens with one attached hydrogen (secondary N) is 1. The fraction of sp³-hybridized carbons (Fsp3) is 0.800. The minimum Gasteiger partial charge on any atom is -0.387 e. The summed E-state index contributed by atoms with van der Waals surface area (Å²) in [5.74, 6) is -0.558. The van der Waals surface area contributed by atoms with E-state index < -0.39 is 18.8 Å². The van der Waals surface area contributed by atoms with E-state index in [0.29, 0.717) is 25.9 Å². The number of aliphatic hydroxyl groups excluding tert-OH is 1. The maximum Gasteiger partial charge on any atom is 0.248 e. The van der Waals surface area contributed by atoms with Crippen LogP contribution in [0.5, 0.6) is 0 Å². The van der Waals surface area contributed by atoms with E-state index in [1.807, 2.05) is 13.0 Å². The Labute approximate surface area is 135 Å². The minimum atomic E-state index is -1.13. The molecule has 0 aromatic carbocycles. The van der Waals surface area contributed by atoms with Gasteiger partial charge >= 0.3 is 0 Å². The van der Waals surface area contributed by atoms with Crippen LogP contribution in [0.1, 0.15) is 26.2 Å². The van der Waals surface area contributed by atoms with Crippen LogP contribution in [0.3, 0.4) is 0 Å². The van der Waals surface area contributed by atoms with Crippen LogP contribution in [0.25, 0.3) is 0 Å². The summed E-state index contributed by atoms with van der Waals surface area (Å²) in [5.41, 5.74) is -0.293. The van der Waals surface area contributed by atoms with Crippen molar-refractivity contribution in [3.05, 3.63) is 0 Å². The van der Waals surface area contributed by atoms with E-state index in [4.69, 9.17) is 10.4 Å². The topological polar surface area (TPSA) is 96.7 Å². The highest BCUT2D eigenvalue weighted by atomic mass is 19.1. The molecule has 2 aliphatic rings. The molecular formula is C15H23FN4O3. The molecule has 2 amide bonds. The molecule has 0 aromatic rings. The Hall–Kier alpha value is -1.72. The number of rotatable bonds is 4. The van der Waals surface area contributed by atoms with Gasteiger partial charge in [-0.3, -0.25) is 9.59 Å². The standard InChI is InChI=1S/C15H23FN4O3/c1-15(2-4-19(5-3-15)14(23)10-21)18-8-13(22)20-9-11(16)6-12(20)7-17/h11-12,18,21H,2-6,8-10H2,1H3/t11-,12+/m1/s1. The van der Waals surface area contributed by atoms with Crippen molar-refractivity contribution in [1.29, 1.82) is 5.26 Å². The quantitative estimate of drug-likeness (QED) is 0.720.